The highest BCUT2D eigenvalue weighted by Gasteiger charge is 2.19. The summed E-state index contributed by atoms with van der Waals surface area (Å²) in [4.78, 5) is 11.9. The zero-order valence-electron chi connectivity index (χ0n) is 12.5. The van der Waals surface area contributed by atoms with Crippen molar-refractivity contribution in [2.24, 2.45) is 5.92 Å². The molecule has 0 aromatic heterocycles. The molecule has 5 nitrogen and oxygen atoms in total. The lowest BCUT2D eigenvalue weighted by atomic mass is 9.87. The fraction of sp³-hybridized carbons (Fsp3) is 0.562. The molecule has 0 aliphatic heterocycles. The molecule has 2 unspecified atom stereocenters. The zero-order chi connectivity index (χ0) is 15.1. The largest absolute Gasteiger partial charge is 0.495 e. The van der Waals surface area contributed by atoms with Crippen molar-refractivity contribution in [3.05, 3.63) is 24.3 Å². The van der Waals surface area contributed by atoms with Crippen LogP contribution in [0.4, 0.5) is 5.69 Å². The highest BCUT2D eigenvalue weighted by Crippen LogP contribution is 2.24. The maximum atomic E-state index is 11.9. The molecule has 0 heterocycles. The van der Waals surface area contributed by atoms with Crippen LogP contribution in [-0.2, 0) is 4.79 Å². The maximum absolute atomic E-state index is 11.9. The first-order chi connectivity index (χ1) is 10.2. The summed E-state index contributed by atoms with van der Waals surface area (Å²) in [5.74, 6) is 1.03. The number of carbonyl (C=O) groups is 1. The van der Waals surface area contributed by atoms with Crippen LogP contribution in [0.3, 0.4) is 0 Å². The van der Waals surface area contributed by atoms with Crippen LogP contribution in [-0.4, -0.2) is 37.3 Å². The Hall–Kier alpha value is -1.59. The number of para-hydroxylation sites is 2. The van der Waals surface area contributed by atoms with Crippen molar-refractivity contribution in [3.8, 4) is 5.75 Å². The fourth-order valence-corrected chi connectivity index (χ4v) is 2.78. The number of aliphatic hydroxyl groups is 1. The zero-order valence-corrected chi connectivity index (χ0v) is 12.5. The second kappa shape index (κ2) is 8.00. The van der Waals surface area contributed by atoms with E-state index in [0.29, 0.717) is 17.4 Å². The van der Waals surface area contributed by atoms with E-state index in [1.807, 2.05) is 24.3 Å². The highest BCUT2D eigenvalue weighted by atomic mass is 16.5. The molecule has 1 aromatic rings. The Labute approximate surface area is 125 Å². The minimum atomic E-state index is -0.173. The standard InChI is InChI=1S/C16H24N2O3/c1-21-15-8-3-2-7-14(15)18-16(20)11-17-10-12-5-4-6-13(19)9-12/h2-3,7-8,12-13,17,19H,4-6,9-11H2,1H3,(H,18,20). The maximum Gasteiger partial charge on any atom is 0.238 e. The first-order valence-electron chi connectivity index (χ1n) is 7.50. The molecule has 0 bridgehead atoms. The molecule has 1 saturated carbocycles. The van der Waals surface area contributed by atoms with E-state index in [2.05, 4.69) is 10.6 Å². The molecule has 0 spiro atoms. The fourth-order valence-electron chi connectivity index (χ4n) is 2.78. The number of hydrogen-bond acceptors (Lipinski definition) is 4. The van der Waals surface area contributed by atoms with Crippen molar-refractivity contribution in [1.82, 2.24) is 5.32 Å². The quantitative estimate of drug-likeness (QED) is 0.747. The van der Waals surface area contributed by atoms with Crippen molar-refractivity contribution in [2.75, 3.05) is 25.5 Å². The molecule has 21 heavy (non-hydrogen) atoms. The van der Waals surface area contributed by atoms with Gasteiger partial charge >= 0.3 is 0 Å². The summed E-state index contributed by atoms with van der Waals surface area (Å²) in [6.45, 7) is 1.04. The van der Waals surface area contributed by atoms with Gasteiger partial charge < -0.3 is 20.5 Å². The molecule has 1 fully saturated rings. The van der Waals surface area contributed by atoms with E-state index in [9.17, 15) is 9.90 Å². The Morgan fingerprint density at radius 2 is 2.19 bits per heavy atom. The second-order valence-electron chi connectivity index (χ2n) is 5.57. The van der Waals surface area contributed by atoms with Crippen LogP contribution >= 0.6 is 0 Å². The summed E-state index contributed by atoms with van der Waals surface area (Å²) in [6, 6.07) is 7.34. The van der Waals surface area contributed by atoms with E-state index < -0.39 is 0 Å². The van der Waals surface area contributed by atoms with E-state index in [1.165, 1.54) is 0 Å². The monoisotopic (exact) mass is 292 g/mol. The van der Waals surface area contributed by atoms with Crippen molar-refractivity contribution in [2.45, 2.75) is 31.8 Å². The van der Waals surface area contributed by atoms with Gasteiger partial charge in [0.1, 0.15) is 5.75 Å². The lowest BCUT2D eigenvalue weighted by molar-refractivity contribution is -0.115. The van der Waals surface area contributed by atoms with Crippen molar-refractivity contribution >= 4 is 11.6 Å². The number of ether oxygens (including phenoxy) is 1. The Kier molecular flexibility index (Phi) is 6.02. The van der Waals surface area contributed by atoms with Crippen LogP contribution in [0.15, 0.2) is 24.3 Å². The van der Waals surface area contributed by atoms with Crippen LogP contribution in [0.5, 0.6) is 5.75 Å². The number of methoxy groups -OCH3 is 1. The van der Waals surface area contributed by atoms with Crippen LogP contribution < -0.4 is 15.4 Å². The first-order valence-corrected chi connectivity index (χ1v) is 7.50. The summed E-state index contributed by atoms with van der Waals surface area (Å²) in [5.41, 5.74) is 0.680. The predicted octanol–water partition coefficient (Wildman–Crippen LogP) is 1.77. The molecule has 2 atom stereocenters. The molecular formula is C16H24N2O3. The Morgan fingerprint density at radius 3 is 2.95 bits per heavy atom. The topological polar surface area (TPSA) is 70.6 Å². The van der Waals surface area contributed by atoms with Crippen LogP contribution in [0.25, 0.3) is 0 Å². The van der Waals surface area contributed by atoms with Crippen molar-refractivity contribution in [3.63, 3.8) is 0 Å². The van der Waals surface area contributed by atoms with Crippen LogP contribution in [0, 0.1) is 5.92 Å². The molecule has 0 radical (unpaired) electrons. The number of benzene rings is 1. The van der Waals surface area contributed by atoms with Gasteiger partial charge in [0.25, 0.3) is 0 Å². The van der Waals surface area contributed by atoms with Gasteiger partial charge in [-0.1, -0.05) is 18.6 Å². The van der Waals surface area contributed by atoms with Gasteiger partial charge in [0.05, 0.1) is 25.4 Å². The predicted molar refractivity (Wildman–Crippen MR) is 82.5 cm³/mol. The Bertz CT molecular complexity index is 465. The normalized spacial score (nSPS) is 21.8. The molecule has 1 amide bonds. The molecule has 116 valence electrons. The average Bonchev–Trinajstić information content (AvgIpc) is 2.48. The van der Waals surface area contributed by atoms with Gasteiger partial charge in [-0.3, -0.25) is 4.79 Å². The lowest BCUT2D eigenvalue weighted by Crippen LogP contribution is -2.34. The number of anilines is 1. The molecule has 0 saturated heterocycles. The van der Waals surface area contributed by atoms with Gasteiger partial charge in [-0.2, -0.15) is 0 Å². The molecule has 1 aliphatic rings. The molecule has 2 rings (SSSR count). The van der Waals surface area contributed by atoms with Crippen molar-refractivity contribution < 1.29 is 14.6 Å². The highest BCUT2D eigenvalue weighted by molar-refractivity contribution is 5.93. The van der Waals surface area contributed by atoms with E-state index in [1.54, 1.807) is 7.11 Å². The number of carbonyl (C=O) groups excluding carboxylic acids is 1. The lowest BCUT2D eigenvalue weighted by Gasteiger charge is -2.25. The van der Waals surface area contributed by atoms with Gasteiger partial charge in [0, 0.05) is 0 Å². The molecule has 1 aromatic carbocycles. The molecule has 5 heteroatoms. The number of aliphatic hydroxyl groups excluding tert-OH is 1. The van der Waals surface area contributed by atoms with Crippen LogP contribution in [0.2, 0.25) is 0 Å². The third-order valence-electron chi connectivity index (χ3n) is 3.85. The van der Waals surface area contributed by atoms with Gasteiger partial charge in [-0.25, -0.2) is 0 Å². The Balaban J connectivity index is 1.72. The van der Waals surface area contributed by atoms with Gasteiger partial charge in [-0.15, -0.1) is 0 Å². The van der Waals surface area contributed by atoms with E-state index in [4.69, 9.17) is 4.74 Å². The SMILES string of the molecule is COc1ccccc1NC(=O)CNCC1CCCC(O)C1. The summed E-state index contributed by atoms with van der Waals surface area (Å²) in [6.07, 6.45) is 3.76. The third kappa shape index (κ3) is 5.02. The number of amides is 1. The van der Waals surface area contributed by atoms with Gasteiger partial charge in [-0.05, 0) is 43.9 Å². The molecule has 3 N–H and O–H groups in total. The summed E-state index contributed by atoms with van der Waals surface area (Å²) in [7, 11) is 1.58. The van der Waals surface area contributed by atoms with E-state index in [-0.39, 0.29) is 18.6 Å². The smallest absolute Gasteiger partial charge is 0.238 e. The molecular weight excluding hydrogens is 268 g/mol. The minimum Gasteiger partial charge on any atom is -0.495 e. The van der Waals surface area contributed by atoms with E-state index in [0.717, 1.165) is 32.2 Å². The number of hydrogen-bond donors (Lipinski definition) is 3. The summed E-state index contributed by atoms with van der Waals surface area (Å²) < 4.78 is 5.19. The average molecular weight is 292 g/mol. The molecule has 1 aliphatic carbocycles. The minimum absolute atomic E-state index is 0.0872. The second-order valence-corrected chi connectivity index (χ2v) is 5.57. The number of nitrogens with one attached hydrogen (secondary N) is 2. The summed E-state index contributed by atoms with van der Waals surface area (Å²) >= 11 is 0. The van der Waals surface area contributed by atoms with Crippen LogP contribution in [0.1, 0.15) is 25.7 Å². The first kappa shape index (κ1) is 15.8. The van der Waals surface area contributed by atoms with E-state index >= 15 is 0 Å². The number of rotatable bonds is 6. The van der Waals surface area contributed by atoms with Crippen molar-refractivity contribution in [1.29, 1.82) is 0 Å². The summed E-state index contributed by atoms with van der Waals surface area (Å²) in [5, 5.41) is 15.6. The van der Waals surface area contributed by atoms with Gasteiger partial charge in [0.15, 0.2) is 0 Å². The van der Waals surface area contributed by atoms with Gasteiger partial charge in [0.2, 0.25) is 5.91 Å². The third-order valence-corrected chi connectivity index (χ3v) is 3.85. The Morgan fingerprint density at radius 1 is 1.38 bits per heavy atom.